The van der Waals surface area contributed by atoms with E-state index in [-0.39, 0.29) is 0 Å². The number of hydrogen-bond acceptors (Lipinski definition) is 5. The molecule has 2 heterocycles. The van der Waals surface area contributed by atoms with Crippen molar-refractivity contribution in [3.63, 3.8) is 0 Å². The Balaban J connectivity index is 2.10. The first kappa shape index (κ1) is 15.4. The molecule has 20 heavy (non-hydrogen) atoms. The van der Waals surface area contributed by atoms with Crippen LogP contribution in [0.3, 0.4) is 0 Å². The van der Waals surface area contributed by atoms with E-state index in [2.05, 4.69) is 28.3 Å². The van der Waals surface area contributed by atoms with Gasteiger partial charge in [-0.25, -0.2) is 0 Å². The average Bonchev–Trinajstić information content (AvgIpc) is 2.87. The molecule has 0 spiro atoms. The molecule has 1 aromatic rings. The lowest BCUT2D eigenvalue weighted by Crippen LogP contribution is -2.47. The molecule has 0 amide bonds. The molecule has 0 aromatic carbocycles. The van der Waals surface area contributed by atoms with E-state index in [9.17, 15) is 9.90 Å². The first-order valence-electron chi connectivity index (χ1n) is 7.25. The van der Waals surface area contributed by atoms with Gasteiger partial charge in [-0.15, -0.1) is 5.10 Å². The molecule has 0 saturated carbocycles. The van der Waals surface area contributed by atoms with Crippen LogP contribution in [0.1, 0.15) is 56.5 Å². The summed E-state index contributed by atoms with van der Waals surface area (Å²) in [6, 6.07) is 0. The third-order valence-electron chi connectivity index (χ3n) is 4.29. The Labute approximate surface area is 124 Å². The zero-order valence-electron chi connectivity index (χ0n) is 12.4. The van der Waals surface area contributed by atoms with Crippen molar-refractivity contribution in [3.05, 3.63) is 10.6 Å². The number of carboxylic acids is 1. The van der Waals surface area contributed by atoms with E-state index in [1.54, 1.807) is 0 Å². The molecule has 0 radical (unpaired) electrons. The van der Waals surface area contributed by atoms with E-state index in [1.807, 2.05) is 6.92 Å². The van der Waals surface area contributed by atoms with Crippen molar-refractivity contribution in [1.82, 2.24) is 14.5 Å². The topological polar surface area (TPSA) is 66.3 Å². The van der Waals surface area contributed by atoms with Crippen LogP contribution in [0, 0.1) is 5.41 Å². The standard InChI is InChI=1S/C14H23N3O2S/c1-4-14(13(18)19)6-5-7-17(9-14)8-11-12(10(2)3)15-16-20-11/h10H,4-9H2,1-3H3,(H,18,19)/t14-/m0/s1. The molecule has 6 heteroatoms. The predicted octanol–water partition coefficient (Wildman–Crippen LogP) is 2.74. The fraction of sp³-hybridized carbons (Fsp3) is 0.786. The van der Waals surface area contributed by atoms with Gasteiger partial charge in [0.15, 0.2) is 0 Å². The summed E-state index contributed by atoms with van der Waals surface area (Å²) in [5.41, 5.74) is 0.479. The van der Waals surface area contributed by atoms with Crippen molar-refractivity contribution >= 4 is 17.5 Å². The predicted molar refractivity (Wildman–Crippen MR) is 78.9 cm³/mol. The lowest BCUT2D eigenvalue weighted by molar-refractivity contribution is -0.153. The molecule has 1 aromatic heterocycles. The summed E-state index contributed by atoms with van der Waals surface area (Å²) >= 11 is 1.44. The van der Waals surface area contributed by atoms with Crippen molar-refractivity contribution < 1.29 is 9.90 Å². The summed E-state index contributed by atoms with van der Waals surface area (Å²) in [5.74, 6) is -0.292. The third-order valence-corrected chi connectivity index (χ3v) is 5.01. The van der Waals surface area contributed by atoms with E-state index >= 15 is 0 Å². The molecular weight excluding hydrogens is 274 g/mol. The summed E-state index contributed by atoms with van der Waals surface area (Å²) in [6.45, 7) is 8.58. The Morgan fingerprint density at radius 1 is 1.55 bits per heavy atom. The number of likely N-dealkylation sites (tertiary alicyclic amines) is 1. The highest BCUT2D eigenvalue weighted by atomic mass is 32.1. The van der Waals surface area contributed by atoms with E-state index < -0.39 is 11.4 Å². The maximum Gasteiger partial charge on any atom is 0.310 e. The van der Waals surface area contributed by atoms with Gasteiger partial charge in [0.25, 0.3) is 0 Å². The quantitative estimate of drug-likeness (QED) is 0.905. The van der Waals surface area contributed by atoms with Gasteiger partial charge in [0.1, 0.15) is 0 Å². The van der Waals surface area contributed by atoms with Crippen LogP contribution in [-0.2, 0) is 11.3 Å². The number of carboxylic acid groups (broad SMARTS) is 1. The Kier molecular flexibility index (Phi) is 4.75. The van der Waals surface area contributed by atoms with Crippen molar-refractivity contribution in [2.45, 2.75) is 52.5 Å². The van der Waals surface area contributed by atoms with Crippen LogP contribution >= 0.6 is 11.5 Å². The van der Waals surface area contributed by atoms with Crippen LogP contribution in [0.15, 0.2) is 0 Å². The lowest BCUT2D eigenvalue weighted by atomic mass is 9.77. The van der Waals surface area contributed by atoms with Gasteiger partial charge in [-0.1, -0.05) is 25.3 Å². The molecule has 0 bridgehead atoms. The number of carbonyl (C=O) groups is 1. The van der Waals surface area contributed by atoms with Gasteiger partial charge in [-0.3, -0.25) is 9.69 Å². The van der Waals surface area contributed by atoms with Gasteiger partial charge < -0.3 is 5.11 Å². The molecule has 1 fully saturated rings. The highest BCUT2D eigenvalue weighted by molar-refractivity contribution is 7.05. The molecule has 0 aliphatic carbocycles. The Morgan fingerprint density at radius 2 is 2.30 bits per heavy atom. The van der Waals surface area contributed by atoms with Crippen LogP contribution in [-0.4, -0.2) is 38.7 Å². The molecular formula is C14H23N3O2S. The molecule has 112 valence electrons. The maximum absolute atomic E-state index is 11.6. The van der Waals surface area contributed by atoms with Crippen LogP contribution in [0.5, 0.6) is 0 Å². The van der Waals surface area contributed by atoms with E-state index in [0.29, 0.717) is 18.9 Å². The number of aromatic nitrogens is 2. The second-order valence-electron chi connectivity index (χ2n) is 5.99. The van der Waals surface area contributed by atoms with Gasteiger partial charge in [0.2, 0.25) is 0 Å². The van der Waals surface area contributed by atoms with E-state index in [1.165, 1.54) is 16.4 Å². The molecule has 1 aliphatic rings. The molecule has 1 saturated heterocycles. The molecule has 0 unspecified atom stereocenters. The Morgan fingerprint density at radius 3 is 2.90 bits per heavy atom. The molecule has 5 nitrogen and oxygen atoms in total. The number of aliphatic carboxylic acids is 1. The monoisotopic (exact) mass is 297 g/mol. The fourth-order valence-corrected chi connectivity index (χ4v) is 3.78. The SMILES string of the molecule is CC[C@]1(C(=O)O)CCCN(Cc2snnc2C(C)C)C1. The summed E-state index contributed by atoms with van der Waals surface area (Å²) in [4.78, 5) is 15.0. The molecule has 1 N–H and O–H groups in total. The van der Waals surface area contributed by atoms with Gasteiger partial charge in [0, 0.05) is 13.1 Å². The number of piperidine rings is 1. The molecule has 1 aliphatic heterocycles. The van der Waals surface area contributed by atoms with Crippen molar-refractivity contribution in [2.75, 3.05) is 13.1 Å². The van der Waals surface area contributed by atoms with Gasteiger partial charge in [-0.05, 0) is 43.3 Å². The van der Waals surface area contributed by atoms with Crippen LogP contribution < -0.4 is 0 Å². The first-order chi connectivity index (χ1) is 9.48. The summed E-state index contributed by atoms with van der Waals surface area (Å²) in [7, 11) is 0. The van der Waals surface area contributed by atoms with Crippen molar-refractivity contribution in [3.8, 4) is 0 Å². The van der Waals surface area contributed by atoms with E-state index in [4.69, 9.17) is 0 Å². The Hall–Kier alpha value is -1.01. The Bertz CT molecular complexity index is 475. The maximum atomic E-state index is 11.6. The highest BCUT2D eigenvalue weighted by Crippen LogP contribution is 2.35. The average molecular weight is 297 g/mol. The summed E-state index contributed by atoms with van der Waals surface area (Å²) in [5, 5.41) is 13.7. The largest absolute Gasteiger partial charge is 0.481 e. The summed E-state index contributed by atoms with van der Waals surface area (Å²) < 4.78 is 4.05. The molecule has 2 rings (SSSR count). The lowest BCUT2D eigenvalue weighted by Gasteiger charge is -2.39. The molecule has 1 atom stereocenters. The normalized spacial score (nSPS) is 24.2. The number of rotatable bonds is 5. The van der Waals surface area contributed by atoms with Gasteiger partial charge in [-0.2, -0.15) is 0 Å². The van der Waals surface area contributed by atoms with E-state index in [0.717, 1.165) is 31.6 Å². The fourth-order valence-electron chi connectivity index (χ4n) is 2.94. The van der Waals surface area contributed by atoms with Crippen LogP contribution in [0.4, 0.5) is 0 Å². The zero-order valence-corrected chi connectivity index (χ0v) is 13.2. The van der Waals surface area contributed by atoms with Crippen molar-refractivity contribution in [2.24, 2.45) is 5.41 Å². The second-order valence-corrected chi connectivity index (χ2v) is 6.83. The number of hydrogen-bond donors (Lipinski definition) is 1. The first-order valence-corrected chi connectivity index (χ1v) is 8.02. The minimum Gasteiger partial charge on any atom is -0.481 e. The zero-order chi connectivity index (χ0) is 14.8. The van der Waals surface area contributed by atoms with Crippen LogP contribution in [0.2, 0.25) is 0 Å². The van der Waals surface area contributed by atoms with Crippen molar-refractivity contribution in [1.29, 1.82) is 0 Å². The highest BCUT2D eigenvalue weighted by Gasteiger charge is 2.40. The summed E-state index contributed by atoms with van der Waals surface area (Å²) in [6.07, 6.45) is 2.42. The number of nitrogens with zero attached hydrogens (tertiary/aromatic N) is 3. The minimum atomic E-state index is -0.656. The van der Waals surface area contributed by atoms with Crippen LogP contribution in [0.25, 0.3) is 0 Å². The second kappa shape index (κ2) is 6.18. The smallest absolute Gasteiger partial charge is 0.310 e. The van der Waals surface area contributed by atoms with Gasteiger partial charge >= 0.3 is 5.97 Å². The third kappa shape index (κ3) is 3.01. The minimum absolute atomic E-state index is 0.365. The van der Waals surface area contributed by atoms with Gasteiger partial charge in [0.05, 0.1) is 16.0 Å².